The average Bonchev–Trinajstić information content (AvgIpc) is 3.21. The number of hydrogen-bond donors (Lipinski definition) is 1. The Morgan fingerprint density at radius 3 is 2.39 bits per heavy atom. The van der Waals surface area contributed by atoms with E-state index in [1.165, 1.54) is 6.42 Å². The van der Waals surface area contributed by atoms with Crippen LogP contribution in [0.4, 0.5) is 5.69 Å². The van der Waals surface area contributed by atoms with Gasteiger partial charge in [0.05, 0.1) is 0 Å². The fraction of sp³-hybridized carbons (Fsp3) is 0.548. The zero-order chi connectivity index (χ0) is 27.5. The maximum Gasteiger partial charge on any atom is 0.252 e. The Bertz CT molecular complexity index is 1160. The number of carbonyl (C=O) groups is 2. The molecule has 0 radical (unpaired) electrons. The molecule has 1 saturated carbocycles. The van der Waals surface area contributed by atoms with Crippen molar-refractivity contribution in [3.8, 4) is 6.19 Å². The van der Waals surface area contributed by atoms with Gasteiger partial charge in [-0.1, -0.05) is 72.1 Å². The Morgan fingerprint density at radius 2 is 1.82 bits per heavy atom. The van der Waals surface area contributed by atoms with Gasteiger partial charge in [0.1, 0.15) is 12.1 Å². The maximum atomic E-state index is 14.6. The van der Waals surface area contributed by atoms with Crippen LogP contribution in [0.5, 0.6) is 0 Å². The van der Waals surface area contributed by atoms with E-state index in [1.807, 2.05) is 44.2 Å². The number of benzene rings is 1. The van der Waals surface area contributed by atoms with Gasteiger partial charge in [-0.25, -0.2) is 0 Å². The molecule has 7 heteroatoms. The first-order valence-corrected chi connectivity index (χ1v) is 13.8. The summed E-state index contributed by atoms with van der Waals surface area (Å²) in [6.45, 7) is 11.0. The molecule has 7 nitrogen and oxygen atoms in total. The molecule has 2 aromatic rings. The molecular weight excluding hydrogens is 474 g/mol. The summed E-state index contributed by atoms with van der Waals surface area (Å²) in [7, 11) is 0. The quantitative estimate of drug-likeness (QED) is 0.514. The van der Waals surface area contributed by atoms with Gasteiger partial charge in [0.2, 0.25) is 5.91 Å². The number of nitrogens with zero attached hydrogens (tertiary/aromatic N) is 4. The molecule has 0 bridgehead atoms. The fourth-order valence-corrected chi connectivity index (χ4v) is 5.81. The molecule has 38 heavy (non-hydrogen) atoms. The predicted molar refractivity (Wildman–Crippen MR) is 149 cm³/mol. The van der Waals surface area contributed by atoms with Crippen molar-refractivity contribution < 1.29 is 9.59 Å². The zero-order valence-electron chi connectivity index (χ0n) is 23.4. The van der Waals surface area contributed by atoms with Gasteiger partial charge >= 0.3 is 0 Å². The lowest BCUT2D eigenvalue weighted by Crippen LogP contribution is -2.54. The van der Waals surface area contributed by atoms with Crippen molar-refractivity contribution in [2.75, 3.05) is 11.4 Å². The highest BCUT2D eigenvalue weighted by molar-refractivity contribution is 6.04. The summed E-state index contributed by atoms with van der Waals surface area (Å²) in [6.07, 6.45) is 11.5. The third kappa shape index (κ3) is 5.85. The first-order chi connectivity index (χ1) is 18.0. The van der Waals surface area contributed by atoms with E-state index >= 15 is 0 Å². The number of likely N-dealkylation sites (tertiary alicyclic amines) is 1. The second-order valence-electron chi connectivity index (χ2n) is 12.5. The molecule has 1 aliphatic carbocycles. The summed E-state index contributed by atoms with van der Waals surface area (Å²) >= 11 is 0. The molecule has 2 aliphatic rings. The van der Waals surface area contributed by atoms with Crippen molar-refractivity contribution in [3.63, 3.8) is 0 Å². The SMILES string of the molecule is CC(C)(C)c1ccc(N(C(=O)C2N(C#N)CCC2(C)C)C(C(=O)NC2CCCCC2)c2cccnc2)cc1. The smallest absolute Gasteiger partial charge is 0.252 e. The minimum absolute atomic E-state index is 0.0560. The monoisotopic (exact) mass is 515 g/mol. The molecule has 2 amide bonds. The van der Waals surface area contributed by atoms with Gasteiger partial charge in [-0.15, -0.1) is 0 Å². The van der Waals surface area contributed by atoms with Crippen LogP contribution >= 0.6 is 0 Å². The van der Waals surface area contributed by atoms with E-state index in [1.54, 1.807) is 28.3 Å². The van der Waals surface area contributed by atoms with Crippen molar-refractivity contribution in [2.45, 2.75) is 96.7 Å². The molecule has 202 valence electrons. The second kappa shape index (κ2) is 11.1. The molecular formula is C31H41N5O2. The maximum absolute atomic E-state index is 14.6. The summed E-state index contributed by atoms with van der Waals surface area (Å²) in [4.78, 5) is 36.1. The Hall–Kier alpha value is -3.40. The first-order valence-electron chi connectivity index (χ1n) is 13.8. The Morgan fingerprint density at radius 1 is 1.13 bits per heavy atom. The predicted octanol–water partition coefficient (Wildman–Crippen LogP) is 5.48. The number of amides is 2. The summed E-state index contributed by atoms with van der Waals surface area (Å²) < 4.78 is 0. The Balaban J connectivity index is 1.82. The zero-order valence-corrected chi connectivity index (χ0v) is 23.4. The van der Waals surface area contributed by atoms with Gasteiger partial charge in [-0.3, -0.25) is 24.4 Å². The van der Waals surface area contributed by atoms with Crippen LogP contribution in [-0.2, 0) is 15.0 Å². The number of carbonyl (C=O) groups excluding carboxylic acids is 2. The molecule has 2 heterocycles. The summed E-state index contributed by atoms with van der Waals surface area (Å²) in [5.41, 5.74) is 1.94. The van der Waals surface area contributed by atoms with Crippen molar-refractivity contribution in [2.24, 2.45) is 5.41 Å². The van der Waals surface area contributed by atoms with Gasteiger partial charge in [-0.2, -0.15) is 5.26 Å². The molecule has 1 saturated heterocycles. The first kappa shape index (κ1) is 27.6. The van der Waals surface area contributed by atoms with E-state index in [0.29, 0.717) is 17.8 Å². The molecule has 2 atom stereocenters. The number of anilines is 1. The lowest BCUT2D eigenvalue weighted by atomic mass is 9.83. The lowest BCUT2D eigenvalue weighted by Gasteiger charge is -2.38. The largest absolute Gasteiger partial charge is 0.351 e. The normalized spacial score (nSPS) is 20.4. The highest BCUT2D eigenvalue weighted by Crippen LogP contribution is 2.40. The van der Waals surface area contributed by atoms with E-state index in [-0.39, 0.29) is 23.3 Å². The van der Waals surface area contributed by atoms with Crippen molar-refractivity contribution in [1.29, 1.82) is 5.26 Å². The number of aromatic nitrogens is 1. The number of rotatable bonds is 6. The lowest BCUT2D eigenvalue weighted by molar-refractivity contribution is -0.130. The third-order valence-electron chi connectivity index (χ3n) is 8.12. The van der Waals surface area contributed by atoms with Crippen molar-refractivity contribution in [3.05, 3.63) is 59.9 Å². The van der Waals surface area contributed by atoms with E-state index in [0.717, 1.165) is 37.7 Å². The second-order valence-corrected chi connectivity index (χ2v) is 12.5. The van der Waals surface area contributed by atoms with Crippen LogP contribution < -0.4 is 10.2 Å². The fourth-order valence-electron chi connectivity index (χ4n) is 5.81. The molecule has 1 aliphatic heterocycles. The number of pyridine rings is 1. The van der Waals surface area contributed by atoms with Gasteiger partial charge in [0.15, 0.2) is 6.19 Å². The summed E-state index contributed by atoms with van der Waals surface area (Å²) in [5.74, 6) is -0.456. The summed E-state index contributed by atoms with van der Waals surface area (Å²) in [5, 5.41) is 13.1. The van der Waals surface area contributed by atoms with Crippen LogP contribution in [0.3, 0.4) is 0 Å². The molecule has 4 rings (SSSR count). The van der Waals surface area contributed by atoms with Crippen LogP contribution in [-0.4, -0.2) is 40.3 Å². The van der Waals surface area contributed by atoms with Gasteiger partial charge in [0, 0.05) is 36.2 Å². The van der Waals surface area contributed by atoms with Gasteiger partial charge in [-0.05, 0) is 53.9 Å². The van der Waals surface area contributed by atoms with Crippen LogP contribution in [0.1, 0.15) is 90.3 Å². The molecule has 1 aromatic carbocycles. The van der Waals surface area contributed by atoms with Crippen LogP contribution in [0.2, 0.25) is 0 Å². The van der Waals surface area contributed by atoms with Crippen molar-refractivity contribution in [1.82, 2.24) is 15.2 Å². The minimum atomic E-state index is -0.907. The number of nitriles is 1. The standard InChI is InChI=1S/C31H41N5O2/c1-30(2,3)23-13-15-25(16-14-23)36(29(38)27-31(4,5)17-19-35(27)21-32)26(22-10-9-18-33-20-22)28(37)34-24-11-7-6-8-12-24/h9-10,13-16,18,20,24,26-27H,6-8,11-12,17,19H2,1-5H3,(H,34,37). The molecule has 1 N–H and O–H groups in total. The minimum Gasteiger partial charge on any atom is -0.351 e. The molecule has 0 spiro atoms. The van der Waals surface area contributed by atoms with E-state index in [4.69, 9.17) is 0 Å². The Kier molecular flexibility index (Phi) is 8.10. The molecule has 2 unspecified atom stereocenters. The summed E-state index contributed by atoms with van der Waals surface area (Å²) in [6, 6.07) is 10.1. The highest BCUT2D eigenvalue weighted by atomic mass is 16.2. The van der Waals surface area contributed by atoms with Crippen molar-refractivity contribution >= 4 is 17.5 Å². The Labute approximate surface area is 227 Å². The topological polar surface area (TPSA) is 89.3 Å². The number of hydrogen-bond acceptors (Lipinski definition) is 5. The van der Waals surface area contributed by atoms with Crippen LogP contribution in [0.25, 0.3) is 0 Å². The highest BCUT2D eigenvalue weighted by Gasteiger charge is 2.49. The molecule has 1 aromatic heterocycles. The molecule has 2 fully saturated rings. The van der Waals surface area contributed by atoms with Crippen LogP contribution in [0.15, 0.2) is 48.8 Å². The van der Waals surface area contributed by atoms with E-state index < -0.39 is 17.5 Å². The van der Waals surface area contributed by atoms with Gasteiger partial charge < -0.3 is 5.32 Å². The average molecular weight is 516 g/mol. The van der Waals surface area contributed by atoms with Crippen LogP contribution in [0, 0.1) is 16.9 Å². The number of nitrogens with one attached hydrogen (secondary N) is 1. The van der Waals surface area contributed by atoms with Gasteiger partial charge in [0.25, 0.3) is 5.91 Å². The van der Waals surface area contributed by atoms with E-state index in [2.05, 4.69) is 37.3 Å². The third-order valence-corrected chi connectivity index (χ3v) is 8.12. The van der Waals surface area contributed by atoms with E-state index in [9.17, 15) is 14.9 Å².